The fourth-order valence-electron chi connectivity index (χ4n) is 2.92. The lowest BCUT2D eigenvalue weighted by Gasteiger charge is -2.26. The van der Waals surface area contributed by atoms with Crippen LogP contribution in [-0.4, -0.2) is 30.6 Å². The second-order valence-electron chi connectivity index (χ2n) is 6.72. The van der Waals surface area contributed by atoms with Crippen LogP contribution in [0, 0.1) is 0 Å². The number of urea groups is 1. The molecule has 1 N–H and O–H groups in total. The van der Waals surface area contributed by atoms with Gasteiger partial charge in [0.2, 0.25) is 0 Å². The van der Waals surface area contributed by atoms with Crippen molar-refractivity contribution in [2.45, 2.75) is 26.9 Å². The summed E-state index contributed by atoms with van der Waals surface area (Å²) in [7, 11) is 0. The van der Waals surface area contributed by atoms with E-state index in [9.17, 15) is 14.4 Å². The van der Waals surface area contributed by atoms with E-state index in [-0.39, 0.29) is 11.7 Å². The Morgan fingerprint density at radius 2 is 1.83 bits per heavy atom. The van der Waals surface area contributed by atoms with E-state index in [0.717, 1.165) is 4.90 Å². The SMILES string of the molecule is CCOc1cc(/C=C2\C(=O)NC(=O)N(c3ccccc3)C2=O)cc(Br)c1OC(C)C. The number of nitrogens with one attached hydrogen (secondary N) is 1. The molecule has 1 saturated heterocycles. The Balaban J connectivity index is 2.03. The minimum atomic E-state index is -0.787. The van der Waals surface area contributed by atoms with Crippen LogP contribution >= 0.6 is 15.9 Å². The number of carbonyl (C=O) groups excluding carboxylic acids is 3. The molecule has 2 aromatic carbocycles. The first-order valence-corrected chi connectivity index (χ1v) is 10.2. The van der Waals surface area contributed by atoms with Gasteiger partial charge < -0.3 is 9.47 Å². The van der Waals surface area contributed by atoms with Crippen LogP contribution < -0.4 is 19.7 Å². The summed E-state index contributed by atoms with van der Waals surface area (Å²) >= 11 is 3.47. The van der Waals surface area contributed by atoms with Gasteiger partial charge in [-0.05, 0) is 72.6 Å². The molecule has 0 atom stereocenters. The van der Waals surface area contributed by atoms with Gasteiger partial charge >= 0.3 is 6.03 Å². The lowest BCUT2D eigenvalue weighted by atomic mass is 10.1. The van der Waals surface area contributed by atoms with Crippen LogP contribution in [0.15, 0.2) is 52.5 Å². The normalized spacial score (nSPS) is 15.6. The van der Waals surface area contributed by atoms with Gasteiger partial charge in [-0.15, -0.1) is 0 Å². The number of hydrogen-bond donors (Lipinski definition) is 1. The van der Waals surface area contributed by atoms with E-state index >= 15 is 0 Å². The van der Waals surface area contributed by atoms with Crippen LogP contribution in [0.5, 0.6) is 11.5 Å². The van der Waals surface area contributed by atoms with Crippen LogP contribution in [0.4, 0.5) is 10.5 Å². The molecule has 0 bridgehead atoms. The lowest BCUT2D eigenvalue weighted by Crippen LogP contribution is -2.54. The first-order chi connectivity index (χ1) is 14.3. The highest BCUT2D eigenvalue weighted by molar-refractivity contribution is 9.10. The highest BCUT2D eigenvalue weighted by atomic mass is 79.9. The molecule has 1 fully saturated rings. The van der Waals surface area contributed by atoms with Gasteiger partial charge in [-0.3, -0.25) is 14.9 Å². The summed E-state index contributed by atoms with van der Waals surface area (Å²) in [5.74, 6) is -0.443. The number of carbonyl (C=O) groups is 3. The summed E-state index contributed by atoms with van der Waals surface area (Å²) in [5, 5.41) is 2.21. The Kier molecular flexibility index (Phi) is 6.56. The van der Waals surface area contributed by atoms with Crippen molar-refractivity contribution in [3.05, 3.63) is 58.1 Å². The first-order valence-electron chi connectivity index (χ1n) is 9.41. The summed E-state index contributed by atoms with van der Waals surface area (Å²) in [6.07, 6.45) is 1.35. The molecule has 8 heteroatoms. The number of amides is 4. The summed E-state index contributed by atoms with van der Waals surface area (Å²) in [4.78, 5) is 38.5. The topological polar surface area (TPSA) is 84.9 Å². The van der Waals surface area contributed by atoms with Gasteiger partial charge in [0.15, 0.2) is 11.5 Å². The molecule has 0 unspecified atom stereocenters. The number of hydrogen-bond acceptors (Lipinski definition) is 5. The minimum absolute atomic E-state index is 0.0687. The molecule has 0 radical (unpaired) electrons. The Bertz CT molecular complexity index is 1020. The third kappa shape index (κ3) is 4.54. The van der Waals surface area contributed by atoms with Crippen LogP contribution in [0.25, 0.3) is 6.08 Å². The van der Waals surface area contributed by atoms with Gasteiger partial charge in [0.05, 0.1) is 22.9 Å². The number of imide groups is 2. The predicted octanol–water partition coefficient (Wildman–Crippen LogP) is 4.30. The number of halogens is 1. The van der Waals surface area contributed by atoms with Crippen LogP contribution in [0.3, 0.4) is 0 Å². The maximum atomic E-state index is 13.0. The fourth-order valence-corrected chi connectivity index (χ4v) is 3.47. The summed E-state index contributed by atoms with van der Waals surface area (Å²) in [5.41, 5.74) is 0.753. The standard InChI is InChI=1S/C22H21BrN2O5/c1-4-29-18-12-14(11-17(23)19(18)30-13(2)3)10-16-20(26)24-22(28)25(21(16)27)15-8-6-5-7-9-15/h5-13H,4H2,1-3H3,(H,24,26,28)/b16-10+. The van der Waals surface area contributed by atoms with Crippen LogP contribution in [-0.2, 0) is 9.59 Å². The van der Waals surface area contributed by atoms with Gasteiger partial charge in [-0.25, -0.2) is 9.69 Å². The summed E-state index contributed by atoms with van der Waals surface area (Å²) in [6.45, 7) is 6.06. The number of rotatable bonds is 6. The van der Waals surface area contributed by atoms with E-state index in [0.29, 0.717) is 33.8 Å². The van der Waals surface area contributed by atoms with E-state index < -0.39 is 17.8 Å². The molecule has 0 aromatic heterocycles. The molecule has 1 aliphatic heterocycles. The van der Waals surface area contributed by atoms with Crippen molar-refractivity contribution in [1.29, 1.82) is 0 Å². The van der Waals surface area contributed by atoms with Crippen molar-refractivity contribution in [1.82, 2.24) is 5.32 Å². The molecular weight excluding hydrogens is 452 g/mol. The number of nitrogens with zero attached hydrogens (tertiary/aromatic N) is 1. The van der Waals surface area contributed by atoms with Crippen LogP contribution in [0.1, 0.15) is 26.3 Å². The van der Waals surface area contributed by atoms with Gasteiger partial charge in [-0.1, -0.05) is 18.2 Å². The van der Waals surface area contributed by atoms with Crippen molar-refractivity contribution in [2.24, 2.45) is 0 Å². The zero-order valence-electron chi connectivity index (χ0n) is 16.8. The van der Waals surface area contributed by atoms with E-state index in [1.807, 2.05) is 20.8 Å². The quantitative estimate of drug-likeness (QED) is 0.500. The number of para-hydroxylation sites is 1. The first kappa shape index (κ1) is 21.6. The molecule has 0 saturated carbocycles. The highest BCUT2D eigenvalue weighted by Gasteiger charge is 2.36. The number of anilines is 1. The average molecular weight is 473 g/mol. The number of barbiturate groups is 1. The zero-order valence-corrected chi connectivity index (χ0v) is 18.4. The molecule has 156 valence electrons. The third-order valence-electron chi connectivity index (χ3n) is 4.11. The molecular formula is C22H21BrN2O5. The fraction of sp³-hybridized carbons (Fsp3) is 0.227. The van der Waals surface area contributed by atoms with Crippen molar-refractivity contribution < 1.29 is 23.9 Å². The lowest BCUT2D eigenvalue weighted by molar-refractivity contribution is -0.122. The molecule has 7 nitrogen and oxygen atoms in total. The van der Waals surface area contributed by atoms with Crippen molar-refractivity contribution in [3.63, 3.8) is 0 Å². The molecule has 1 aliphatic rings. The molecule has 2 aromatic rings. The predicted molar refractivity (Wildman–Crippen MR) is 117 cm³/mol. The van der Waals surface area contributed by atoms with Crippen molar-refractivity contribution >= 4 is 45.5 Å². The second kappa shape index (κ2) is 9.13. The van der Waals surface area contributed by atoms with E-state index in [1.54, 1.807) is 42.5 Å². The number of ether oxygens (including phenoxy) is 2. The largest absolute Gasteiger partial charge is 0.490 e. The molecule has 4 amide bonds. The smallest absolute Gasteiger partial charge is 0.335 e. The third-order valence-corrected chi connectivity index (χ3v) is 4.70. The minimum Gasteiger partial charge on any atom is -0.490 e. The summed E-state index contributed by atoms with van der Waals surface area (Å²) < 4.78 is 12.1. The van der Waals surface area contributed by atoms with Gasteiger partial charge in [-0.2, -0.15) is 0 Å². The van der Waals surface area contributed by atoms with Crippen molar-refractivity contribution in [3.8, 4) is 11.5 Å². The maximum Gasteiger partial charge on any atom is 0.335 e. The Morgan fingerprint density at radius 3 is 2.47 bits per heavy atom. The average Bonchev–Trinajstić information content (AvgIpc) is 2.68. The van der Waals surface area contributed by atoms with Gasteiger partial charge in [0.25, 0.3) is 11.8 Å². The molecule has 3 rings (SSSR count). The van der Waals surface area contributed by atoms with Gasteiger partial charge in [0.1, 0.15) is 5.57 Å². The molecule has 0 aliphatic carbocycles. The summed E-state index contributed by atoms with van der Waals surface area (Å²) in [6, 6.07) is 11.0. The second-order valence-corrected chi connectivity index (χ2v) is 7.58. The van der Waals surface area contributed by atoms with E-state index in [2.05, 4.69) is 21.2 Å². The highest BCUT2D eigenvalue weighted by Crippen LogP contribution is 2.38. The monoisotopic (exact) mass is 472 g/mol. The van der Waals surface area contributed by atoms with Gasteiger partial charge in [0, 0.05) is 0 Å². The Morgan fingerprint density at radius 1 is 1.13 bits per heavy atom. The van der Waals surface area contributed by atoms with E-state index in [1.165, 1.54) is 6.08 Å². The molecule has 30 heavy (non-hydrogen) atoms. The van der Waals surface area contributed by atoms with Crippen molar-refractivity contribution in [2.75, 3.05) is 11.5 Å². The zero-order chi connectivity index (χ0) is 21.8. The Labute approximate surface area is 182 Å². The number of benzene rings is 2. The Hall–Kier alpha value is -3.13. The molecule has 0 spiro atoms. The van der Waals surface area contributed by atoms with Crippen LogP contribution in [0.2, 0.25) is 0 Å². The maximum absolute atomic E-state index is 13.0. The van der Waals surface area contributed by atoms with E-state index in [4.69, 9.17) is 9.47 Å². The molecule has 1 heterocycles.